The van der Waals surface area contributed by atoms with Crippen molar-refractivity contribution < 1.29 is 14.3 Å². The van der Waals surface area contributed by atoms with Gasteiger partial charge < -0.3 is 14.4 Å². The summed E-state index contributed by atoms with van der Waals surface area (Å²) in [4.78, 5) is 15.0. The first-order valence-corrected chi connectivity index (χ1v) is 9.79. The number of nitrogens with zero attached hydrogens (tertiary/aromatic N) is 1. The molecule has 2 heterocycles. The monoisotopic (exact) mass is 345 g/mol. The van der Waals surface area contributed by atoms with Crippen molar-refractivity contribution in [1.29, 1.82) is 0 Å². The molecule has 1 aromatic rings. The molecule has 1 aromatic carbocycles. The van der Waals surface area contributed by atoms with Crippen LogP contribution in [-0.4, -0.2) is 50.1 Å². The summed E-state index contributed by atoms with van der Waals surface area (Å²) in [6.45, 7) is 8.05. The molecule has 0 aliphatic carbocycles. The number of hydrogen-bond donors (Lipinski definition) is 0. The Morgan fingerprint density at radius 2 is 1.96 bits per heavy atom. The molecule has 0 bridgehead atoms. The Labute approximate surface area is 151 Å². The fraction of sp³-hybridized carbons (Fsp3) is 0.667. The van der Waals surface area contributed by atoms with Gasteiger partial charge in [0.05, 0.1) is 6.61 Å². The molecule has 4 nitrogen and oxygen atoms in total. The van der Waals surface area contributed by atoms with Crippen LogP contribution in [0.1, 0.15) is 49.4 Å². The lowest BCUT2D eigenvalue weighted by atomic mass is 9.91. The van der Waals surface area contributed by atoms with Crippen LogP contribution >= 0.6 is 0 Å². The van der Waals surface area contributed by atoms with E-state index in [1.807, 2.05) is 24.3 Å². The number of carbonyl (C=O) groups excluding carboxylic acids is 1. The number of piperidine rings is 1. The predicted octanol–water partition coefficient (Wildman–Crippen LogP) is 3.80. The van der Waals surface area contributed by atoms with E-state index in [9.17, 15) is 4.79 Å². The van der Waals surface area contributed by atoms with E-state index in [1.165, 1.54) is 25.9 Å². The summed E-state index contributed by atoms with van der Waals surface area (Å²) in [5.74, 6) is 2.05. The van der Waals surface area contributed by atoms with Gasteiger partial charge in [-0.05, 0) is 68.8 Å². The van der Waals surface area contributed by atoms with E-state index in [1.54, 1.807) is 0 Å². The van der Waals surface area contributed by atoms with Gasteiger partial charge in [-0.15, -0.1) is 0 Å². The summed E-state index contributed by atoms with van der Waals surface area (Å²) < 4.78 is 11.2. The van der Waals surface area contributed by atoms with Crippen molar-refractivity contribution in [3.63, 3.8) is 0 Å². The van der Waals surface area contributed by atoms with Gasteiger partial charge in [-0.1, -0.05) is 6.92 Å². The van der Waals surface area contributed by atoms with Gasteiger partial charge in [-0.3, -0.25) is 4.79 Å². The smallest absolute Gasteiger partial charge is 0.166 e. The maximum atomic E-state index is 12.5. The standard InChI is InChI=1S/C21H31NO3/c1-17-4-2-11-22(16-17)12-3-13-25-20-7-5-18(6-8-20)21(23)19-9-14-24-15-10-19/h5-8,17,19H,2-4,9-16H2,1H3. The number of Topliss-reactive ketones (excluding diaryl/α,β-unsaturated/α-hetero) is 1. The zero-order chi connectivity index (χ0) is 17.5. The molecule has 25 heavy (non-hydrogen) atoms. The second-order valence-electron chi connectivity index (χ2n) is 7.53. The largest absolute Gasteiger partial charge is 0.494 e. The number of rotatable bonds is 7. The van der Waals surface area contributed by atoms with E-state index >= 15 is 0 Å². The van der Waals surface area contributed by atoms with E-state index in [-0.39, 0.29) is 11.7 Å². The highest BCUT2D eigenvalue weighted by atomic mass is 16.5. The van der Waals surface area contributed by atoms with Gasteiger partial charge in [-0.25, -0.2) is 0 Å². The molecule has 2 fully saturated rings. The number of hydrogen-bond acceptors (Lipinski definition) is 4. The van der Waals surface area contributed by atoms with Crippen molar-refractivity contribution >= 4 is 5.78 Å². The van der Waals surface area contributed by atoms with Gasteiger partial charge in [0.25, 0.3) is 0 Å². The SMILES string of the molecule is CC1CCCN(CCCOc2ccc(C(=O)C3CCOCC3)cc2)C1. The van der Waals surface area contributed by atoms with E-state index in [0.29, 0.717) is 13.2 Å². The highest BCUT2D eigenvalue weighted by molar-refractivity contribution is 5.98. The number of ether oxygens (including phenoxy) is 2. The number of benzene rings is 1. The van der Waals surface area contributed by atoms with Gasteiger partial charge in [0.15, 0.2) is 5.78 Å². The lowest BCUT2D eigenvalue weighted by Crippen LogP contribution is -2.35. The van der Waals surface area contributed by atoms with Crippen LogP contribution < -0.4 is 4.74 Å². The Morgan fingerprint density at radius 1 is 1.20 bits per heavy atom. The highest BCUT2D eigenvalue weighted by Gasteiger charge is 2.22. The molecule has 4 heteroatoms. The average molecular weight is 345 g/mol. The number of likely N-dealkylation sites (tertiary alicyclic amines) is 1. The van der Waals surface area contributed by atoms with E-state index in [2.05, 4.69) is 11.8 Å². The first-order chi connectivity index (χ1) is 12.2. The van der Waals surface area contributed by atoms with Crippen LogP contribution in [-0.2, 0) is 4.74 Å². The van der Waals surface area contributed by atoms with Gasteiger partial charge in [0.2, 0.25) is 0 Å². The van der Waals surface area contributed by atoms with Crippen LogP contribution in [0, 0.1) is 11.8 Å². The third-order valence-corrected chi connectivity index (χ3v) is 5.36. The molecule has 2 aliphatic rings. The Morgan fingerprint density at radius 3 is 2.68 bits per heavy atom. The Hall–Kier alpha value is -1.39. The van der Waals surface area contributed by atoms with Crippen molar-refractivity contribution in [2.45, 2.75) is 39.0 Å². The summed E-state index contributed by atoms with van der Waals surface area (Å²) in [5, 5.41) is 0. The van der Waals surface area contributed by atoms with Crippen LogP contribution in [0.15, 0.2) is 24.3 Å². The van der Waals surface area contributed by atoms with Gasteiger partial charge in [0, 0.05) is 37.8 Å². The molecule has 1 atom stereocenters. The highest BCUT2D eigenvalue weighted by Crippen LogP contribution is 2.22. The number of ketones is 1. The Balaban J connectivity index is 1.39. The molecule has 2 saturated heterocycles. The second kappa shape index (κ2) is 9.35. The third kappa shape index (κ3) is 5.55. The first-order valence-electron chi connectivity index (χ1n) is 9.79. The van der Waals surface area contributed by atoms with Crippen LogP contribution in [0.5, 0.6) is 5.75 Å². The molecule has 0 radical (unpaired) electrons. The quantitative estimate of drug-likeness (QED) is 0.557. The third-order valence-electron chi connectivity index (χ3n) is 5.36. The maximum Gasteiger partial charge on any atom is 0.166 e. The zero-order valence-corrected chi connectivity index (χ0v) is 15.4. The molecular formula is C21H31NO3. The van der Waals surface area contributed by atoms with E-state index < -0.39 is 0 Å². The fourth-order valence-corrected chi connectivity index (χ4v) is 3.88. The normalized spacial score (nSPS) is 22.7. The van der Waals surface area contributed by atoms with Crippen molar-refractivity contribution in [3.05, 3.63) is 29.8 Å². The van der Waals surface area contributed by atoms with Crippen LogP contribution in [0.2, 0.25) is 0 Å². The van der Waals surface area contributed by atoms with E-state index in [0.717, 1.165) is 49.6 Å². The Kier molecular flexibility index (Phi) is 6.88. The summed E-state index contributed by atoms with van der Waals surface area (Å²) in [7, 11) is 0. The molecule has 0 amide bonds. The van der Waals surface area contributed by atoms with Crippen LogP contribution in [0.25, 0.3) is 0 Å². The summed E-state index contributed by atoms with van der Waals surface area (Å²) in [6, 6.07) is 7.66. The van der Waals surface area contributed by atoms with Crippen molar-refractivity contribution in [2.24, 2.45) is 11.8 Å². The van der Waals surface area contributed by atoms with Crippen molar-refractivity contribution in [2.75, 3.05) is 39.5 Å². The predicted molar refractivity (Wildman–Crippen MR) is 99.3 cm³/mol. The lowest BCUT2D eigenvalue weighted by molar-refractivity contribution is 0.0545. The van der Waals surface area contributed by atoms with Crippen LogP contribution in [0.4, 0.5) is 0 Å². The lowest BCUT2D eigenvalue weighted by Gasteiger charge is -2.30. The van der Waals surface area contributed by atoms with Crippen molar-refractivity contribution in [1.82, 2.24) is 4.90 Å². The fourth-order valence-electron chi connectivity index (χ4n) is 3.88. The Bertz CT molecular complexity index is 537. The minimum absolute atomic E-state index is 0.118. The molecular weight excluding hydrogens is 314 g/mol. The zero-order valence-electron chi connectivity index (χ0n) is 15.4. The summed E-state index contributed by atoms with van der Waals surface area (Å²) in [6.07, 6.45) is 5.42. The minimum atomic E-state index is 0.118. The van der Waals surface area contributed by atoms with Gasteiger partial charge >= 0.3 is 0 Å². The molecule has 1 unspecified atom stereocenters. The van der Waals surface area contributed by atoms with Crippen molar-refractivity contribution in [3.8, 4) is 5.75 Å². The van der Waals surface area contributed by atoms with Crippen LogP contribution in [0.3, 0.4) is 0 Å². The second-order valence-corrected chi connectivity index (χ2v) is 7.53. The first kappa shape index (κ1) is 18.4. The molecule has 0 N–H and O–H groups in total. The minimum Gasteiger partial charge on any atom is -0.494 e. The summed E-state index contributed by atoms with van der Waals surface area (Å²) in [5.41, 5.74) is 0.793. The number of carbonyl (C=O) groups is 1. The molecule has 0 aromatic heterocycles. The molecule has 0 spiro atoms. The van der Waals surface area contributed by atoms with Gasteiger partial charge in [-0.2, -0.15) is 0 Å². The van der Waals surface area contributed by atoms with E-state index in [4.69, 9.17) is 9.47 Å². The molecule has 2 aliphatic heterocycles. The maximum absolute atomic E-state index is 12.5. The molecule has 138 valence electrons. The topological polar surface area (TPSA) is 38.8 Å². The molecule has 0 saturated carbocycles. The summed E-state index contributed by atoms with van der Waals surface area (Å²) >= 11 is 0. The van der Waals surface area contributed by atoms with Gasteiger partial charge in [0.1, 0.15) is 5.75 Å². The molecule has 3 rings (SSSR count). The average Bonchev–Trinajstić information content (AvgIpc) is 2.66.